The van der Waals surface area contributed by atoms with Gasteiger partial charge < -0.3 is 5.32 Å². The van der Waals surface area contributed by atoms with Gasteiger partial charge in [-0.3, -0.25) is 0 Å². The van der Waals surface area contributed by atoms with E-state index in [0.29, 0.717) is 0 Å². The van der Waals surface area contributed by atoms with Crippen molar-refractivity contribution in [3.8, 4) is 0 Å². The van der Waals surface area contributed by atoms with Crippen LogP contribution in [0.5, 0.6) is 0 Å². The number of aromatic nitrogens is 1. The van der Waals surface area contributed by atoms with Crippen LogP contribution < -0.4 is 5.32 Å². The molecule has 2 nitrogen and oxygen atoms in total. The van der Waals surface area contributed by atoms with E-state index in [1.54, 1.807) is 0 Å². The smallest absolute Gasteiger partial charge is 0.130 e. The van der Waals surface area contributed by atoms with Crippen LogP contribution in [-0.2, 0) is 6.42 Å². The van der Waals surface area contributed by atoms with Crippen molar-refractivity contribution in [2.75, 3.05) is 11.9 Å². The first-order chi connectivity index (χ1) is 5.38. The maximum atomic E-state index is 4.24. The summed E-state index contributed by atoms with van der Waals surface area (Å²) in [6.45, 7) is 1.05. The van der Waals surface area contributed by atoms with Crippen molar-refractivity contribution < 1.29 is 0 Å². The van der Waals surface area contributed by atoms with Gasteiger partial charge >= 0.3 is 0 Å². The average Bonchev–Trinajstić information content (AvgIpc) is 2.06. The molecule has 0 aromatic carbocycles. The number of anilines is 1. The summed E-state index contributed by atoms with van der Waals surface area (Å²) in [6.07, 6.45) is 4.16. The minimum atomic E-state index is 1.05. The third-order valence-corrected chi connectivity index (χ3v) is 2.64. The minimum Gasteiger partial charge on any atom is -0.370 e. The zero-order valence-corrected chi connectivity index (χ0v) is 7.69. The van der Waals surface area contributed by atoms with Crippen LogP contribution in [0.3, 0.4) is 0 Å². The van der Waals surface area contributed by atoms with Crippen LogP contribution in [0, 0.1) is 0 Å². The highest BCUT2D eigenvalue weighted by atomic mass is 79.9. The molecule has 0 aliphatic carbocycles. The van der Waals surface area contributed by atoms with Crippen molar-refractivity contribution >= 4 is 21.7 Å². The standard InChI is InChI=1S/C8H9BrN2/c9-7-3-5-11-8-6(7)2-1-4-10-8/h3,5H,1-2,4H2,(H,10,11). The second kappa shape index (κ2) is 2.81. The fraction of sp³-hybridized carbons (Fsp3) is 0.375. The van der Waals surface area contributed by atoms with Crippen LogP contribution in [0.1, 0.15) is 12.0 Å². The van der Waals surface area contributed by atoms with Crippen LogP contribution in [0.2, 0.25) is 0 Å². The predicted molar refractivity (Wildman–Crippen MR) is 48.7 cm³/mol. The molecular weight excluding hydrogens is 204 g/mol. The quantitative estimate of drug-likeness (QED) is 0.714. The molecule has 11 heavy (non-hydrogen) atoms. The van der Waals surface area contributed by atoms with Gasteiger partial charge in [-0.25, -0.2) is 4.98 Å². The minimum absolute atomic E-state index is 1.05. The first-order valence-corrected chi connectivity index (χ1v) is 4.54. The molecule has 1 aliphatic rings. The highest BCUT2D eigenvalue weighted by Crippen LogP contribution is 2.26. The summed E-state index contributed by atoms with van der Waals surface area (Å²) in [5.74, 6) is 1.05. The maximum Gasteiger partial charge on any atom is 0.130 e. The van der Waals surface area contributed by atoms with E-state index < -0.39 is 0 Å². The van der Waals surface area contributed by atoms with Gasteiger partial charge in [-0.15, -0.1) is 0 Å². The number of nitrogens with zero attached hydrogens (tertiary/aromatic N) is 1. The normalized spacial score (nSPS) is 15.4. The van der Waals surface area contributed by atoms with E-state index in [4.69, 9.17) is 0 Å². The molecule has 2 rings (SSSR count). The van der Waals surface area contributed by atoms with Crippen molar-refractivity contribution in [2.45, 2.75) is 12.8 Å². The number of rotatable bonds is 0. The Balaban J connectivity index is 2.49. The Morgan fingerprint density at radius 1 is 1.55 bits per heavy atom. The average molecular weight is 213 g/mol. The Morgan fingerprint density at radius 2 is 2.45 bits per heavy atom. The lowest BCUT2D eigenvalue weighted by molar-refractivity contribution is 0.814. The van der Waals surface area contributed by atoms with Gasteiger partial charge in [0.05, 0.1) is 0 Å². The van der Waals surface area contributed by atoms with Gasteiger partial charge in [0.15, 0.2) is 0 Å². The molecule has 0 fully saturated rings. The predicted octanol–water partition coefficient (Wildman–Crippen LogP) is 2.20. The van der Waals surface area contributed by atoms with Gasteiger partial charge in [-0.05, 0) is 18.9 Å². The molecule has 0 spiro atoms. The zero-order chi connectivity index (χ0) is 7.68. The molecule has 1 aromatic heterocycles. The third kappa shape index (κ3) is 1.25. The second-order valence-corrected chi connectivity index (χ2v) is 3.50. The van der Waals surface area contributed by atoms with E-state index in [9.17, 15) is 0 Å². The molecule has 0 bridgehead atoms. The highest BCUT2D eigenvalue weighted by Gasteiger charge is 2.11. The summed E-state index contributed by atoms with van der Waals surface area (Å²) < 4.78 is 1.18. The van der Waals surface area contributed by atoms with Crippen molar-refractivity contribution in [3.05, 3.63) is 22.3 Å². The second-order valence-electron chi connectivity index (χ2n) is 2.65. The van der Waals surface area contributed by atoms with Gasteiger partial charge in [0.1, 0.15) is 5.82 Å². The molecule has 0 saturated carbocycles. The molecule has 0 radical (unpaired) electrons. The number of fused-ring (bicyclic) bond motifs is 1. The van der Waals surface area contributed by atoms with Crippen LogP contribution >= 0.6 is 15.9 Å². The zero-order valence-electron chi connectivity index (χ0n) is 6.10. The maximum absolute atomic E-state index is 4.24. The summed E-state index contributed by atoms with van der Waals surface area (Å²) in [5.41, 5.74) is 1.32. The molecular formula is C8H9BrN2. The topological polar surface area (TPSA) is 24.9 Å². The Bertz CT molecular complexity index is 273. The van der Waals surface area contributed by atoms with Gasteiger partial charge in [0, 0.05) is 22.8 Å². The molecule has 0 unspecified atom stereocenters. The van der Waals surface area contributed by atoms with E-state index in [1.807, 2.05) is 12.3 Å². The molecule has 0 amide bonds. The van der Waals surface area contributed by atoms with Crippen LogP contribution in [-0.4, -0.2) is 11.5 Å². The molecule has 1 aromatic rings. The first-order valence-electron chi connectivity index (χ1n) is 3.75. The summed E-state index contributed by atoms with van der Waals surface area (Å²) in [5, 5.41) is 3.26. The van der Waals surface area contributed by atoms with Gasteiger partial charge in [-0.1, -0.05) is 15.9 Å². The lowest BCUT2D eigenvalue weighted by atomic mass is 10.1. The monoisotopic (exact) mass is 212 g/mol. The van der Waals surface area contributed by atoms with Crippen molar-refractivity contribution in [3.63, 3.8) is 0 Å². The summed E-state index contributed by atoms with van der Waals surface area (Å²) in [6, 6.07) is 1.99. The largest absolute Gasteiger partial charge is 0.370 e. The first kappa shape index (κ1) is 7.10. The van der Waals surface area contributed by atoms with Crippen LogP contribution in [0.15, 0.2) is 16.7 Å². The van der Waals surface area contributed by atoms with E-state index in [0.717, 1.165) is 18.8 Å². The van der Waals surface area contributed by atoms with Gasteiger partial charge in [-0.2, -0.15) is 0 Å². The molecule has 1 aliphatic heterocycles. The highest BCUT2D eigenvalue weighted by molar-refractivity contribution is 9.10. The van der Waals surface area contributed by atoms with Crippen LogP contribution in [0.25, 0.3) is 0 Å². The van der Waals surface area contributed by atoms with E-state index >= 15 is 0 Å². The Kier molecular flexibility index (Phi) is 1.82. The lowest BCUT2D eigenvalue weighted by Crippen LogP contribution is -2.13. The Hall–Kier alpha value is -0.570. The molecule has 0 atom stereocenters. The Morgan fingerprint density at radius 3 is 3.27 bits per heavy atom. The SMILES string of the molecule is Brc1ccnc2c1CCCN2. The Labute approximate surface area is 74.2 Å². The summed E-state index contributed by atoms with van der Waals surface area (Å²) >= 11 is 3.50. The molecule has 2 heterocycles. The lowest BCUT2D eigenvalue weighted by Gasteiger charge is -2.17. The molecule has 1 N–H and O–H groups in total. The number of hydrogen-bond acceptors (Lipinski definition) is 2. The summed E-state index contributed by atoms with van der Waals surface area (Å²) in [7, 11) is 0. The van der Waals surface area contributed by atoms with Gasteiger partial charge in [0.25, 0.3) is 0 Å². The van der Waals surface area contributed by atoms with Crippen molar-refractivity contribution in [1.82, 2.24) is 4.98 Å². The molecule has 58 valence electrons. The van der Waals surface area contributed by atoms with Gasteiger partial charge in [0.2, 0.25) is 0 Å². The fourth-order valence-electron chi connectivity index (χ4n) is 1.33. The van der Waals surface area contributed by atoms with Crippen molar-refractivity contribution in [2.24, 2.45) is 0 Å². The molecule has 0 saturated heterocycles. The van der Waals surface area contributed by atoms with Crippen molar-refractivity contribution in [1.29, 1.82) is 0 Å². The van der Waals surface area contributed by atoms with E-state index in [2.05, 4.69) is 26.2 Å². The van der Waals surface area contributed by atoms with E-state index in [1.165, 1.54) is 16.5 Å². The fourth-order valence-corrected chi connectivity index (χ4v) is 1.84. The number of nitrogens with one attached hydrogen (secondary N) is 1. The summed E-state index contributed by atoms with van der Waals surface area (Å²) in [4.78, 5) is 4.24. The van der Waals surface area contributed by atoms with E-state index in [-0.39, 0.29) is 0 Å². The van der Waals surface area contributed by atoms with Crippen LogP contribution in [0.4, 0.5) is 5.82 Å². The third-order valence-electron chi connectivity index (χ3n) is 1.89. The number of pyridine rings is 1. The number of halogens is 1. The molecule has 3 heteroatoms. The number of hydrogen-bond donors (Lipinski definition) is 1.